The fraction of sp³-hybridized carbons (Fsp3) is 0.462. The van der Waals surface area contributed by atoms with Gasteiger partial charge >= 0.3 is 0 Å². The van der Waals surface area contributed by atoms with E-state index < -0.39 is 0 Å². The van der Waals surface area contributed by atoms with E-state index in [-0.39, 0.29) is 12.0 Å². The van der Waals surface area contributed by atoms with Gasteiger partial charge in [0.25, 0.3) is 0 Å². The maximum absolute atomic E-state index is 5.97. The third kappa shape index (κ3) is 2.41. The first kappa shape index (κ1) is 12.7. The molecule has 18 heavy (non-hydrogen) atoms. The molecule has 96 valence electrons. The minimum atomic E-state index is -0.239. The third-order valence-electron chi connectivity index (χ3n) is 2.87. The second-order valence-corrected chi connectivity index (χ2v) is 4.90. The fourth-order valence-electron chi connectivity index (χ4n) is 1.70. The van der Waals surface area contributed by atoms with E-state index in [1.54, 1.807) is 6.20 Å². The molecule has 2 aromatic heterocycles. The number of rotatable bonds is 3. The lowest BCUT2D eigenvalue weighted by molar-refractivity contribution is 0.325. The molecule has 0 radical (unpaired) electrons. The van der Waals surface area contributed by atoms with Gasteiger partial charge in [0.05, 0.1) is 6.04 Å². The second kappa shape index (κ2) is 4.86. The molecule has 2 N–H and O–H groups in total. The van der Waals surface area contributed by atoms with Crippen LogP contribution >= 0.6 is 0 Å². The lowest BCUT2D eigenvalue weighted by Gasteiger charge is -2.09. The summed E-state index contributed by atoms with van der Waals surface area (Å²) in [5.74, 6) is 1.21. The number of nitrogens with two attached hydrogens (primary N) is 1. The average molecular weight is 246 g/mol. The summed E-state index contributed by atoms with van der Waals surface area (Å²) in [6.07, 6.45) is 1.79. The molecule has 0 aromatic carbocycles. The van der Waals surface area contributed by atoms with Crippen LogP contribution in [0.2, 0.25) is 0 Å². The summed E-state index contributed by atoms with van der Waals surface area (Å²) >= 11 is 0. The Morgan fingerprint density at radius 3 is 2.61 bits per heavy atom. The van der Waals surface area contributed by atoms with Crippen LogP contribution in [-0.4, -0.2) is 15.1 Å². The summed E-state index contributed by atoms with van der Waals surface area (Å²) in [6.45, 7) is 8.02. The molecular weight excluding hydrogens is 228 g/mol. The third-order valence-corrected chi connectivity index (χ3v) is 2.87. The van der Waals surface area contributed by atoms with Gasteiger partial charge < -0.3 is 10.3 Å². The van der Waals surface area contributed by atoms with Crippen molar-refractivity contribution in [1.82, 2.24) is 15.1 Å². The molecule has 1 atom stereocenters. The number of hydrogen-bond donors (Lipinski definition) is 1. The molecule has 0 unspecified atom stereocenters. The van der Waals surface area contributed by atoms with Crippen molar-refractivity contribution in [3.63, 3.8) is 0 Å². The first-order valence-electron chi connectivity index (χ1n) is 6.02. The van der Waals surface area contributed by atoms with Crippen LogP contribution in [0.5, 0.6) is 0 Å². The van der Waals surface area contributed by atoms with Crippen LogP contribution in [-0.2, 0) is 0 Å². The molecule has 5 nitrogen and oxygen atoms in total. The maximum Gasteiger partial charge on any atom is 0.244 e. The summed E-state index contributed by atoms with van der Waals surface area (Å²) in [4.78, 5) is 8.67. The van der Waals surface area contributed by atoms with Crippen molar-refractivity contribution in [1.29, 1.82) is 0 Å². The molecule has 0 aliphatic rings. The Kier molecular flexibility index (Phi) is 3.43. The van der Waals surface area contributed by atoms with Crippen molar-refractivity contribution in [2.45, 2.75) is 33.7 Å². The van der Waals surface area contributed by atoms with Crippen LogP contribution in [0.25, 0.3) is 11.5 Å². The predicted octanol–water partition coefficient (Wildman–Crippen LogP) is 2.40. The van der Waals surface area contributed by atoms with E-state index in [1.165, 1.54) is 0 Å². The molecule has 2 heterocycles. The Bertz CT molecular complexity index is 548. The highest BCUT2D eigenvalue weighted by molar-refractivity contribution is 5.54. The van der Waals surface area contributed by atoms with Gasteiger partial charge in [-0.3, -0.25) is 4.98 Å². The Hall–Kier alpha value is -1.75. The van der Waals surface area contributed by atoms with Crippen molar-refractivity contribution >= 4 is 0 Å². The first-order valence-corrected chi connectivity index (χ1v) is 6.02. The van der Waals surface area contributed by atoms with E-state index in [2.05, 4.69) is 15.1 Å². The van der Waals surface area contributed by atoms with Gasteiger partial charge in [-0.2, -0.15) is 4.98 Å². The zero-order valence-corrected chi connectivity index (χ0v) is 11.1. The van der Waals surface area contributed by atoms with Crippen LogP contribution < -0.4 is 5.73 Å². The summed E-state index contributed by atoms with van der Waals surface area (Å²) in [5, 5.41) is 3.95. The highest BCUT2D eigenvalue weighted by atomic mass is 16.5. The number of nitrogens with zero attached hydrogens (tertiary/aromatic N) is 3. The Morgan fingerprint density at radius 1 is 1.28 bits per heavy atom. The smallest absolute Gasteiger partial charge is 0.244 e. The molecule has 2 rings (SSSR count). The van der Waals surface area contributed by atoms with Gasteiger partial charge in [0.15, 0.2) is 0 Å². The van der Waals surface area contributed by atoms with Crippen LogP contribution in [0, 0.1) is 19.8 Å². The molecule has 0 amide bonds. The molecule has 5 heteroatoms. The predicted molar refractivity (Wildman–Crippen MR) is 68.8 cm³/mol. The number of aryl methyl sites for hydroxylation is 2. The van der Waals surface area contributed by atoms with Gasteiger partial charge in [-0.25, -0.2) is 0 Å². The maximum atomic E-state index is 5.97. The molecule has 0 bridgehead atoms. The quantitative estimate of drug-likeness (QED) is 0.899. The summed E-state index contributed by atoms with van der Waals surface area (Å²) in [6, 6.07) is 1.80. The van der Waals surface area contributed by atoms with Gasteiger partial charge in [0.2, 0.25) is 11.7 Å². The number of aromatic nitrogens is 3. The summed E-state index contributed by atoms with van der Waals surface area (Å²) < 4.78 is 5.20. The molecule has 0 saturated heterocycles. The van der Waals surface area contributed by atoms with Crippen LogP contribution in [0.4, 0.5) is 0 Å². The van der Waals surface area contributed by atoms with Gasteiger partial charge in [0.1, 0.15) is 5.69 Å². The van der Waals surface area contributed by atoms with Crippen molar-refractivity contribution in [3.05, 3.63) is 29.3 Å². The minimum absolute atomic E-state index is 0.239. The van der Waals surface area contributed by atoms with E-state index in [0.29, 0.717) is 11.7 Å². The van der Waals surface area contributed by atoms with E-state index in [4.69, 9.17) is 10.3 Å². The lowest BCUT2D eigenvalue weighted by atomic mass is 10.1. The molecule has 0 aliphatic carbocycles. The fourth-order valence-corrected chi connectivity index (χ4v) is 1.70. The summed E-state index contributed by atoms with van der Waals surface area (Å²) in [7, 11) is 0. The van der Waals surface area contributed by atoms with Crippen molar-refractivity contribution in [3.8, 4) is 11.5 Å². The summed E-state index contributed by atoms with van der Waals surface area (Å²) in [5.41, 5.74) is 8.86. The second-order valence-electron chi connectivity index (χ2n) is 4.90. The Balaban J connectivity index is 2.35. The largest absolute Gasteiger partial charge is 0.337 e. The van der Waals surface area contributed by atoms with Crippen LogP contribution in [0.1, 0.15) is 36.9 Å². The first-order chi connectivity index (χ1) is 8.49. The highest BCUT2D eigenvalue weighted by Crippen LogP contribution is 2.22. The SMILES string of the molecule is Cc1cnc(-c2noc([C@@H](N)C(C)C)n2)c(C)c1. The Labute approximate surface area is 106 Å². The van der Waals surface area contributed by atoms with Crippen molar-refractivity contribution in [2.24, 2.45) is 11.7 Å². The van der Waals surface area contributed by atoms with E-state index in [9.17, 15) is 0 Å². The standard InChI is InChI=1S/C13H18N4O/c1-7(2)10(14)13-16-12(17-18-13)11-9(4)5-8(3)6-15-11/h5-7,10H,14H2,1-4H3/t10-/m0/s1. The van der Waals surface area contributed by atoms with Gasteiger partial charge in [-0.05, 0) is 30.9 Å². The molecule has 0 saturated carbocycles. The lowest BCUT2D eigenvalue weighted by Crippen LogP contribution is -2.16. The zero-order chi connectivity index (χ0) is 13.3. The van der Waals surface area contributed by atoms with Crippen LogP contribution in [0.3, 0.4) is 0 Å². The van der Waals surface area contributed by atoms with Gasteiger partial charge in [-0.1, -0.05) is 25.1 Å². The highest BCUT2D eigenvalue weighted by Gasteiger charge is 2.19. The number of hydrogen-bond acceptors (Lipinski definition) is 5. The zero-order valence-electron chi connectivity index (χ0n) is 11.1. The molecule has 0 spiro atoms. The van der Waals surface area contributed by atoms with Gasteiger partial charge in [-0.15, -0.1) is 0 Å². The molecule has 0 fully saturated rings. The Morgan fingerprint density at radius 2 is 2.00 bits per heavy atom. The number of pyridine rings is 1. The van der Waals surface area contributed by atoms with E-state index in [0.717, 1.165) is 16.8 Å². The molecule has 2 aromatic rings. The van der Waals surface area contributed by atoms with Crippen LogP contribution in [0.15, 0.2) is 16.8 Å². The normalized spacial score (nSPS) is 13.0. The molecular formula is C13H18N4O. The topological polar surface area (TPSA) is 77.8 Å². The van der Waals surface area contributed by atoms with Gasteiger partial charge in [0, 0.05) is 6.20 Å². The van der Waals surface area contributed by atoms with E-state index in [1.807, 2.05) is 33.8 Å². The van der Waals surface area contributed by atoms with Crippen molar-refractivity contribution < 1.29 is 4.52 Å². The average Bonchev–Trinajstić information content (AvgIpc) is 2.77. The van der Waals surface area contributed by atoms with E-state index >= 15 is 0 Å². The molecule has 0 aliphatic heterocycles. The minimum Gasteiger partial charge on any atom is -0.337 e. The van der Waals surface area contributed by atoms with Crippen molar-refractivity contribution in [2.75, 3.05) is 0 Å². The monoisotopic (exact) mass is 246 g/mol.